The van der Waals surface area contributed by atoms with Crippen LogP contribution in [-0.2, 0) is 7.05 Å². The van der Waals surface area contributed by atoms with Gasteiger partial charge in [0.2, 0.25) is 0 Å². The van der Waals surface area contributed by atoms with Crippen molar-refractivity contribution in [3.63, 3.8) is 0 Å². The predicted octanol–water partition coefficient (Wildman–Crippen LogP) is 3.17. The van der Waals surface area contributed by atoms with Gasteiger partial charge in [0, 0.05) is 31.1 Å². The summed E-state index contributed by atoms with van der Waals surface area (Å²) < 4.78 is 7.18. The van der Waals surface area contributed by atoms with Gasteiger partial charge in [-0.15, -0.1) is 0 Å². The highest BCUT2D eigenvalue weighted by atomic mass is 16.6. The number of hydrogen-bond donors (Lipinski definition) is 1. The van der Waals surface area contributed by atoms with E-state index in [0.29, 0.717) is 18.0 Å². The molecule has 112 valence electrons. The van der Waals surface area contributed by atoms with Crippen LogP contribution < -0.4 is 10.1 Å². The zero-order chi connectivity index (χ0) is 15.4. The van der Waals surface area contributed by atoms with E-state index in [1.165, 1.54) is 12.1 Å². The highest BCUT2D eigenvalue weighted by molar-refractivity contribution is 5.65. The monoisotopic (exact) mass is 290 g/mol. The molecule has 0 atom stereocenters. The molecule has 21 heavy (non-hydrogen) atoms. The smallest absolute Gasteiger partial charge is 0.275 e. The summed E-state index contributed by atoms with van der Waals surface area (Å²) in [7, 11) is 1.82. The summed E-state index contributed by atoms with van der Waals surface area (Å²) in [6, 6.07) is 4.65. The maximum atomic E-state index is 11.0. The number of aromatic nitrogens is 2. The van der Waals surface area contributed by atoms with Crippen LogP contribution in [0.1, 0.15) is 19.0 Å². The number of hydrogen-bond acceptors (Lipinski definition) is 5. The third kappa shape index (κ3) is 3.71. The van der Waals surface area contributed by atoms with Crippen LogP contribution >= 0.6 is 0 Å². The zero-order valence-corrected chi connectivity index (χ0v) is 12.3. The van der Waals surface area contributed by atoms with E-state index in [1.807, 2.05) is 27.1 Å². The fraction of sp³-hybridized carbons (Fsp3) is 0.357. The van der Waals surface area contributed by atoms with Crippen molar-refractivity contribution in [3.05, 3.63) is 40.2 Å². The Bertz CT molecular complexity index is 652. The summed E-state index contributed by atoms with van der Waals surface area (Å²) in [5, 5.41) is 18.4. The maximum Gasteiger partial charge on any atom is 0.275 e. The van der Waals surface area contributed by atoms with E-state index < -0.39 is 4.92 Å². The fourth-order valence-corrected chi connectivity index (χ4v) is 1.94. The Morgan fingerprint density at radius 3 is 2.76 bits per heavy atom. The Kier molecular flexibility index (Phi) is 4.42. The maximum absolute atomic E-state index is 11.0. The number of aryl methyl sites for hydroxylation is 2. The van der Waals surface area contributed by atoms with Gasteiger partial charge in [-0.1, -0.05) is 6.92 Å². The first-order chi connectivity index (χ1) is 9.99. The van der Waals surface area contributed by atoms with Crippen molar-refractivity contribution < 1.29 is 9.66 Å². The molecular weight excluding hydrogens is 272 g/mol. The van der Waals surface area contributed by atoms with Gasteiger partial charge in [-0.2, -0.15) is 5.10 Å². The lowest BCUT2D eigenvalue weighted by atomic mass is 10.2. The molecule has 0 radical (unpaired) electrons. The first-order valence-corrected chi connectivity index (χ1v) is 6.69. The molecule has 7 nitrogen and oxygen atoms in total. The standard InChI is InChI=1S/C14H18N4O3/c1-4-5-21-13-7-11(6-12(8-13)18(19)20)15-14-9-17(3)16-10(14)2/h6-9,15H,4-5H2,1-3H3. The van der Waals surface area contributed by atoms with E-state index in [0.717, 1.165) is 17.8 Å². The molecule has 0 fully saturated rings. The molecule has 0 amide bonds. The van der Waals surface area contributed by atoms with Gasteiger partial charge in [-0.05, 0) is 13.3 Å². The average molecular weight is 290 g/mol. The van der Waals surface area contributed by atoms with Crippen LogP contribution in [0.25, 0.3) is 0 Å². The van der Waals surface area contributed by atoms with Crippen molar-refractivity contribution in [2.45, 2.75) is 20.3 Å². The van der Waals surface area contributed by atoms with Gasteiger partial charge < -0.3 is 10.1 Å². The molecule has 1 aromatic carbocycles. The lowest BCUT2D eigenvalue weighted by Gasteiger charge is -2.09. The summed E-state index contributed by atoms with van der Waals surface area (Å²) in [4.78, 5) is 10.6. The van der Waals surface area contributed by atoms with Gasteiger partial charge in [0.15, 0.2) is 0 Å². The van der Waals surface area contributed by atoms with Crippen LogP contribution in [0.4, 0.5) is 17.1 Å². The van der Waals surface area contributed by atoms with Crippen LogP contribution in [0.5, 0.6) is 5.75 Å². The first-order valence-electron chi connectivity index (χ1n) is 6.69. The molecule has 1 heterocycles. The minimum Gasteiger partial charge on any atom is -0.493 e. The van der Waals surface area contributed by atoms with Crippen LogP contribution in [0.3, 0.4) is 0 Å². The van der Waals surface area contributed by atoms with Crippen LogP contribution in [-0.4, -0.2) is 21.3 Å². The number of nitro benzene ring substituents is 1. The van der Waals surface area contributed by atoms with Crippen LogP contribution in [0.2, 0.25) is 0 Å². The normalized spacial score (nSPS) is 10.4. The van der Waals surface area contributed by atoms with Crippen molar-refractivity contribution >= 4 is 17.1 Å². The largest absolute Gasteiger partial charge is 0.493 e. The van der Waals surface area contributed by atoms with Crippen LogP contribution in [0.15, 0.2) is 24.4 Å². The van der Waals surface area contributed by atoms with Gasteiger partial charge in [0.1, 0.15) is 5.75 Å². The number of rotatable bonds is 6. The third-order valence-corrected chi connectivity index (χ3v) is 2.87. The number of nitrogens with one attached hydrogen (secondary N) is 1. The third-order valence-electron chi connectivity index (χ3n) is 2.87. The molecule has 0 aliphatic carbocycles. The molecule has 0 saturated carbocycles. The molecule has 0 spiro atoms. The summed E-state index contributed by atoms with van der Waals surface area (Å²) in [6.07, 6.45) is 2.66. The Morgan fingerprint density at radius 1 is 1.43 bits per heavy atom. The highest BCUT2D eigenvalue weighted by Gasteiger charge is 2.12. The second-order valence-electron chi connectivity index (χ2n) is 4.75. The minimum atomic E-state index is -0.430. The summed E-state index contributed by atoms with van der Waals surface area (Å²) >= 11 is 0. The number of ether oxygens (including phenoxy) is 1. The number of anilines is 2. The molecule has 0 saturated heterocycles. The average Bonchev–Trinajstić information content (AvgIpc) is 2.74. The Hall–Kier alpha value is -2.57. The molecule has 0 bridgehead atoms. The predicted molar refractivity (Wildman–Crippen MR) is 80.1 cm³/mol. The van der Waals surface area contributed by atoms with Crippen molar-refractivity contribution in [1.82, 2.24) is 9.78 Å². The van der Waals surface area contributed by atoms with Gasteiger partial charge in [0.25, 0.3) is 5.69 Å². The number of nitrogens with zero attached hydrogens (tertiary/aromatic N) is 3. The Labute approximate surface area is 122 Å². The van der Waals surface area contributed by atoms with E-state index in [2.05, 4.69) is 10.4 Å². The van der Waals surface area contributed by atoms with Crippen molar-refractivity contribution in [2.75, 3.05) is 11.9 Å². The zero-order valence-electron chi connectivity index (χ0n) is 12.3. The lowest BCUT2D eigenvalue weighted by Crippen LogP contribution is -1.99. The molecule has 2 rings (SSSR count). The van der Waals surface area contributed by atoms with Gasteiger partial charge in [0.05, 0.1) is 29.0 Å². The van der Waals surface area contributed by atoms with Gasteiger partial charge in [-0.25, -0.2) is 0 Å². The number of non-ortho nitro benzene ring substituents is 1. The molecular formula is C14H18N4O3. The minimum absolute atomic E-state index is 0.00681. The highest BCUT2D eigenvalue weighted by Crippen LogP contribution is 2.29. The molecule has 0 aliphatic heterocycles. The topological polar surface area (TPSA) is 82.2 Å². The summed E-state index contributed by atoms with van der Waals surface area (Å²) in [5.74, 6) is 0.482. The van der Waals surface area contributed by atoms with E-state index in [9.17, 15) is 10.1 Å². The van der Waals surface area contributed by atoms with Crippen molar-refractivity contribution in [3.8, 4) is 5.75 Å². The quantitative estimate of drug-likeness (QED) is 0.652. The molecule has 0 unspecified atom stereocenters. The van der Waals surface area contributed by atoms with Crippen molar-refractivity contribution in [2.24, 2.45) is 7.05 Å². The molecule has 2 aromatic rings. The first kappa shape index (κ1) is 14.8. The van der Waals surface area contributed by atoms with Gasteiger partial charge >= 0.3 is 0 Å². The SMILES string of the molecule is CCCOc1cc(Nc2cn(C)nc2C)cc([N+](=O)[O-])c1. The molecule has 0 aliphatic rings. The summed E-state index contributed by atoms with van der Waals surface area (Å²) in [6.45, 7) is 4.37. The fourth-order valence-electron chi connectivity index (χ4n) is 1.94. The van der Waals surface area contributed by atoms with E-state index in [1.54, 1.807) is 10.7 Å². The van der Waals surface area contributed by atoms with E-state index in [4.69, 9.17) is 4.74 Å². The lowest BCUT2D eigenvalue weighted by molar-refractivity contribution is -0.384. The van der Waals surface area contributed by atoms with Crippen molar-refractivity contribution in [1.29, 1.82) is 0 Å². The molecule has 1 aromatic heterocycles. The van der Waals surface area contributed by atoms with Crippen LogP contribution in [0, 0.1) is 17.0 Å². The Balaban J connectivity index is 2.30. The summed E-state index contributed by atoms with van der Waals surface area (Å²) in [5.41, 5.74) is 2.22. The number of nitro groups is 1. The molecule has 1 N–H and O–H groups in total. The second-order valence-corrected chi connectivity index (χ2v) is 4.75. The van der Waals surface area contributed by atoms with Gasteiger partial charge in [-0.3, -0.25) is 14.8 Å². The van der Waals surface area contributed by atoms with E-state index in [-0.39, 0.29) is 5.69 Å². The number of benzene rings is 1. The second kappa shape index (κ2) is 6.25. The van der Waals surface area contributed by atoms with E-state index >= 15 is 0 Å². The molecule has 7 heteroatoms. The Morgan fingerprint density at radius 2 is 2.19 bits per heavy atom.